The van der Waals surface area contributed by atoms with Crippen molar-refractivity contribution in [1.82, 2.24) is 0 Å². The molecule has 2 atom stereocenters. The van der Waals surface area contributed by atoms with E-state index >= 15 is 0 Å². The van der Waals surface area contributed by atoms with Gasteiger partial charge < -0.3 is 0 Å². The molecule has 0 aliphatic heterocycles. The summed E-state index contributed by atoms with van der Waals surface area (Å²) in [6.45, 7) is 4.24. The molecule has 0 heterocycles. The normalized spacial score (nSPS) is 15.4. The first-order chi connectivity index (χ1) is 6.15. The maximum absolute atomic E-state index is 6.16. The van der Waals surface area contributed by atoms with Gasteiger partial charge in [-0.15, -0.1) is 11.6 Å². The summed E-state index contributed by atoms with van der Waals surface area (Å²) >= 11 is 12.0. The second-order valence-corrected chi connectivity index (χ2v) is 4.26. The van der Waals surface area contributed by atoms with Gasteiger partial charge in [-0.1, -0.05) is 37.6 Å². The molecule has 0 nitrogen and oxygen atoms in total. The molecule has 2 unspecified atom stereocenters. The quantitative estimate of drug-likeness (QED) is 0.655. The minimum Gasteiger partial charge on any atom is -0.122 e. The molecular weight excluding hydrogens is 203 g/mol. The lowest BCUT2D eigenvalue weighted by atomic mass is 9.96. The van der Waals surface area contributed by atoms with Gasteiger partial charge in [0.1, 0.15) is 0 Å². The first-order valence-corrected chi connectivity index (χ1v) is 5.36. The second-order valence-electron chi connectivity index (χ2n) is 3.26. The van der Waals surface area contributed by atoms with Crippen molar-refractivity contribution in [3.05, 3.63) is 34.9 Å². The SMILES string of the molecule is CCC(Cl)C(C)c1ccc(Cl)cc1. The molecule has 0 saturated carbocycles. The van der Waals surface area contributed by atoms with Crippen molar-refractivity contribution >= 4 is 23.2 Å². The van der Waals surface area contributed by atoms with Crippen molar-refractivity contribution in [2.45, 2.75) is 31.6 Å². The number of alkyl halides is 1. The topological polar surface area (TPSA) is 0 Å². The molecule has 0 bridgehead atoms. The fourth-order valence-electron chi connectivity index (χ4n) is 1.33. The van der Waals surface area contributed by atoms with Crippen molar-refractivity contribution in [1.29, 1.82) is 0 Å². The average Bonchev–Trinajstić information content (AvgIpc) is 2.17. The van der Waals surface area contributed by atoms with Crippen LogP contribution in [0.1, 0.15) is 31.7 Å². The van der Waals surface area contributed by atoms with E-state index in [1.807, 2.05) is 24.3 Å². The Balaban J connectivity index is 2.77. The molecule has 1 aromatic carbocycles. The summed E-state index contributed by atoms with van der Waals surface area (Å²) in [4.78, 5) is 0. The third-order valence-electron chi connectivity index (χ3n) is 2.33. The lowest BCUT2D eigenvalue weighted by molar-refractivity contribution is 0.675. The Kier molecular flexibility index (Phi) is 4.08. The zero-order valence-electron chi connectivity index (χ0n) is 7.93. The molecule has 0 aromatic heterocycles. The van der Waals surface area contributed by atoms with Crippen molar-refractivity contribution in [3.63, 3.8) is 0 Å². The summed E-state index contributed by atoms with van der Waals surface area (Å²) in [6.07, 6.45) is 0.991. The van der Waals surface area contributed by atoms with E-state index in [9.17, 15) is 0 Å². The zero-order chi connectivity index (χ0) is 9.84. The van der Waals surface area contributed by atoms with Gasteiger partial charge in [0, 0.05) is 10.4 Å². The Morgan fingerprint density at radius 1 is 1.23 bits per heavy atom. The van der Waals surface area contributed by atoms with Gasteiger partial charge in [-0.3, -0.25) is 0 Å². The van der Waals surface area contributed by atoms with Gasteiger partial charge in [0.2, 0.25) is 0 Å². The van der Waals surface area contributed by atoms with Crippen molar-refractivity contribution in [2.24, 2.45) is 0 Å². The van der Waals surface area contributed by atoms with Crippen molar-refractivity contribution < 1.29 is 0 Å². The van der Waals surface area contributed by atoms with Crippen LogP contribution in [0.5, 0.6) is 0 Å². The summed E-state index contributed by atoms with van der Waals surface area (Å²) in [5.74, 6) is 0.393. The predicted molar refractivity (Wildman–Crippen MR) is 59.8 cm³/mol. The highest BCUT2D eigenvalue weighted by atomic mass is 35.5. The first kappa shape index (κ1) is 10.9. The van der Waals surface area contributed by atoms with Crippen molar-refractivity contribution in [3.8, 4) is 0 Å². The van der Waals surface area contributed by atoms with Gasteiger partial charge in [0.05, 0.1) is 0 Å². The van der Waals surface area contributed by atoms with Crippen LogP contribution in [0.25, 0.3) is 0 Å². The lowest BCUT2D eigenvalue weighted by Gasteiger charge is -2.16. The van der Waals surface area contributed by atoms with E-state index in [0.29, 0.717) is 5.92 Å². The van der Waals surface area contributed by atoms with Crippen LogP contribution < -0.4 is 0 Å². The maximum Gasteiger partial charge on any atom is 0.0406 e. The maximum atomic E-state index is 6.16. The molecule has 0 N–H and O–H groups in total. The molecular formula is C11H14Cl2. The molecule has 1 rings (SSSR count). The van der Waals surface area contributed by atoms with E-state index in [0.717, 1.165) is 11.4 Å². The number of halogens is 2. The highest BCUT2D eigenvalue weighted by Crippen LogP contribution is 2.26. The van der Waals surface area contributed by atoms with Crippen LogP contribution in [-0.2, 0) is 0 Å². The monoisotopic (exact) mass is 216 g/mol. The van der Waals surface area contributed by atoms with E-state index in [-0.39, 0.29) is 5.38 Å². The molecule has 0 saturated heterocycles. The molecule has 0 aliphatic rings. The third kappa shape index (κ3) is 2.89. The van der Waals surface area contributed by atoms with Crippen LogP contribution in [0.4, 0.5) is 0 Å². The number of hydrogen-bond acceptors (Lipinski definition) is 0. The number of hydrogen-bond donors (Lipinski definition) is 0. The Bertz CT molecular complexity index is 253. The van der Waals surface area contributed by atoms with Crippen LogP contribution in [0.3, 0.4) is 0 Å². The number of rotatable bonds is 3. The van der Waals surface area contributed by atoms with Crippen LogP contribution >= 0.6 is 23.2 Å². The molecule has 0 spiro atoms. The molecule has 2 heteroatoms. The number of benzene rings is 1. The highest BCUT2D eigenvalue weighted by Gasteiger charge is 2.13. The molecule has 0 radical (unpaired) electrons. The Labute approximate surface area is 89.9 Å². The second kappa shape index (κ2) is 4.88. The van der Waals surface area contributed by atoms with Crippen LogP contribution in [0.15, 0.2) is 24.3 Å². The standard InChI is InChI=1S/C11H14Cl2/c1-3-11(13)8(2)9-4-6-10(12)7-5-9/h4-8,11H,3H2,1-2H3. The third-order valence-corrected chi connectivity index (χ3v) is 3.27. The molecule has 0 aliphatic carbocycles. The first-order valence-electron chi connectivity index (χ1n) is 4.54. The molecule has 0 amide bonds. The van der Waals surface area contributed by atoms with E-state index in [2.05, 4.69) is 13.8 Å². The molecule has 13 heavy (non-hydrogen) atoms. The van der Waals surface area contributed by atoms with Gasteiger partial charge in [0.25, 0.3) is 0 Å². The van der Waals surface area contributed by atoms with Gasteiger partial charge in [0.15, 0.2) is 0 Å². The van der Waals surface area contributed by atoms with Crippen LogP contribution in [0.2, 0.25) is 5.02 Å². The summed E-state index contributed by atoms with van der Waals surface area (Å²) in [5.41, 5.74) is 1.26. The summed E-state index contributed by atoms with van der Waals surface area (Å²) < 4.78 is 0. The Morgan fingerprint density at radius 2 is 1.77 bits per heavy atom. The largest absolute Gasteiger partial charge is 0.122 e. The molecule has 72 valence electrons. The van der Waals surface area contributed by atoms with Crippen molar-refractivity contribution in [2.75, 3.05) is 0 Å². The summed E-state index contributed by atoms with van der Waals surface area (Å²) in [6, 6.07) is 7.90. The molecule has 1 aromatic rings. The smallest absolute Gasteiger partial charge is 0.0406 e. The predicted octanol–water partition coefficient (Wildman–Crippen LogP) is 4.46. The van der Waals surface area contributed by atoms with Crippen LogP contribution in [-0.4, -0.2) is 5.38 Å². The summed E-state index contributed by atoms with van der Waals surface area (Å²) in [7, 11) is 0. The van der Waals surface area contributed by atoms with Gasteiger partial charge in [-0.2, -0.15) is 0 Å². The fraction of sp³-hybridized carbons (Fsp3) is 0.455. The van der Waals surface area contributed by atoms with Crippen LogP contribution in [0, 0.1) is 0 Å². The van der Waals surface area contributed by atoms with Gasteiger partial charge in [-0.05, 0) is 30.0 Å². The summed E-state index contributed by atoms with van der Waals surface area (Å²) in [5, 5.41) is 0.986. The van der Waals surface area contributed by atoms with Gasteiger partial charge in [-0.25, -0.2) is 0 Å². The van der Waals surface area contributed by atoms with Gasteiger partial charge >= 0.3 is 0 Å². The minimum absolute atomic E-state index is 0.209. The zero-order valence-corrected chi connectivity index (χ0v) is 9.44. The fourth-order valence-corrected chi connectivity index (χ4v) is 1.60. The van der Waals surface area contributed by atoms with E-state index in [4.69, 9.17) is 23.2 Å². The Hall–Kier alpha value is -0.200. The molecule has 0 fully saturated rings. The van der Waals surface area contributed by atoms with E-state index in [1.165, 1.54) is 5.56 Å². The average molecular weight is 217 g/mol. The lowest BCUT2D eigenvalue weighted by Crippen LogP contribution is -2.07. The Morgan fingerprint density at radius 3 is 2.23 bits per heavy atom. The van der Waals surface area contributed by atoms with E-state index in [1.54, 1.807) is 0 Å². The minimum atomic E-state index is 0.209. The highest BCUT2D eigenvalue weighted by molar-refractivity contribution is 6.30. The van der Waals surface area contributed by atoms with E-state index < -0.39 is 0 Å².